The number of aromatic nitrogens is 2. The zero-order chi connectivity index (χ0) is 21.5. The van der Waals surface area contributed by atoms with E-state index in [0.29, 0.717) is 28.6 Å². The molecule has 7 nitrogen and oxygen atoms in total. The van der Waals surface area contributed by atoms with Crippen molar-refractivity contribution in [2.24, 2.45) is 0 Å². The summed E-state index contributed by atoms with van der Waals surface area (Å²) in [7, 11) is 0. The fraction of sp³-hybridized carbons (Fsp3) is 0.0909. The highest BCUT2D eigenvalue weighted by Crippen LogP contribution is 2.27. The van der Waals surface area contributed by atoms with Crippen LogP contribution in [-0.4, -0.2) is 22.0 Å². The average Bonchev–Trinajstić information content (AvgIpc) is 2.73. The van der Waals surface area contributed by atoms with Crippen LogP contribution in [-0.2, 0) is 16.1 Å². The van der Waals surface area contributed by atoms with Crippen molar-refractivity contribution in [1.29, 1.82) is 0 Å². The standard InChI is InChI=1S/C22H19FN4O3/c1-3-21(28)26-18-8-5-9-19(13-18)27(20-10-11-24-15(2)25-20)22(29)30-14-16-6-4-7-17(23)12-16/h3-13H,1,14H2,2H3,(H,26,28). The van der Waals surface area contributed by atoms with Gasteiger partial charge in [0.25, 0.3) is 0 Å². The van der Waals surface area contributed by atoms with E-state index in [4.69, 9.17) is 4.74 Å². The number of rotatable bonds is 6. The summed E-state index contributed by atoms with van der Waals surface area (Å²) in [5.41, 5.74) is 1.39. The molecule has 2 amide bonds. The Balaban J connectivity index is 1.91. The maximum absolute atomic E-state index is 13.4. The number of benzene rings is 2. The molecular weight excluding hydrogens is 387 g/mol. The van der Waals surface area contributed by atoms with Gasteiger partial charge >= 0.3 is 6.09 Å². The summed E-state index contributed by atoms with van der Waals surface area (Å²) in [5.74, 6) is -0.0479. The number of ether oxygens (including phenoxy) is 1. The zero-order valence-electron chi connectivity index (χ0n) is 16.2. The van der Waals surface area contributed by atoms with Crippen molar-refractivity contribution in [1.82, 2.24) is 9.97 Å². The molecule has 1 heterocycles. The van der Waals surface area contributed by atoms with E-state index >= 15 is 0 Å². The van der Waals surface area contributed by atoms with Gasteiger partial charge in [-0.05, 0) is 55.0 Å². The topological polar surface area (TPSA) is 84.4 Å². The van der Waals surface area contributed by atoms with Gasteiger partial charge in [-0.1, -0.05) is 24.8 Å². The summed E-state index contributed by atoms with van der Waals surface area (Å²) in [5, 5.41) is 2.64. The fourth-order valence-corrected chi connectivity index (χ4v) is 2.65. The molecule has 0 radical (unpaired) electrons. The van der Waals surface area contributed by atoms with Crippen LogP contribution in [0.2, 0.25) is 0 Å². The third kappa shape index (κ3) is 5.26. The van der Waals surface area contributed by atoms with E-state index in [9.17, 15) is 14.0 Å². The molecular formula is C22H19FN4O3. The molecule has 0 aliphatic carbocycles. The van der Waals surface area contributed by atoms with Crippen LogP contribution in [0.4, 0.5) is 26.4 Å². The molecule has 1 N–H and O–H groups in total. The Kier molecular flexibility index (Phi) is 6.49. The number of nitrogens with one attached hydrogen (secondary N) is 1. The number of anilines is 3. The minimum Gasteiger partial charge on any atom is -0.444 e. The van der Waals surface area contributed by atoms with E-state index in [1.165, 1.54) is 29.3 Å². The summed E-state index contributed by atoms with van der Waals surface area (Å²) in [6.45, 7) is 4.99. The Morgan fingerprint density at radius 3 is 2.73 bits per heavy atom. The fourth-order valence-electron chi connectivity index (χ4n) is 2.65. The van der Waals surface area contributed by atoms with Crippen molar-refractivity contribution in [2.75, 3.05) is 10.2 Å². The van der Waals surface area contributed by atoms with E-state index in [0.717, 1.165) is 6.08 Å². The number of nitrogens with zero attached hydrogens (tertiary/aromatic N) is 3. The lowest BCUT2D eigenvalue weighted by atomic mass is 10.2. The second-order valence-electron chi connectivity index (χ2n) is 6.23. The number of aryl methyl sites for hydroxylation is 1. The number of hydrogen-bond acceptors (Lipinski definition) is 5. The van der Waals surface area contributed by atoms with E-state index in [-0.39, 0.29) is 12.5 Å². The van der Waals surface area contributed by atoms with Crippen LogP contribution < -0.4 is 10.2 Å². The smallest absolute Gasteiger partial charge is 0.420 e. The number of halogens is 1. The van der Waals surface area contributed by atoms with Crippen molar-refractivity contribution in [3.63, 3.8) is 0 Å². The predicted octanol–water partition coefficient (Wildman–Crippen LogP) is 4.52. The third-order valence-corrected chi connectivity index (χ3v) is 3.98. The molecule has 1 aromatic heterocycles. The second kappa shape index (κ2) is 9.42. The lowest BCUT2D eigenvalue weighted by Gasteiger charge is -2.22. The molecule has 3 rings (SSSR count). The van der Waals surface area contributed by atoms with E-state index in [2.05, 4.69) is 21.9 Å². The summed E-state index contributed by atoms with van der Waals surface area (Å²) < 4.78 is 18.8. The second-order valence-corrected chi connectivity index (χ2v) is 6.23. The van der Waals surface area contributed by atoms with Crippen molar-refractivity contribution >= 4 is 29.2 Å². The monoisotopic (exact) mass is 406 g/mol. The first kappa shape index (κ1) is 20.7. The first-order valence-corrected chi connectivity index (χ1v) is 9.01. The maximum atomic E-state index is 13.4. The Hall–Kier alpha value is -4.07. The van der Waals surface area contributed by atoms with Crippen LogP contribution in [0.3, 0.4) is 0 Å². The van der Waals surface area contributed by atoms with Crippen molar-refractivity contribution < 1.29 is 18.7 Å². The normalized spacial score (nSPS) is 10.2. The Morgan fingerprint density at radius 2 is 2.00 bits per heavy atom. The van der Waals surface area contributed by atoms with Crippen LogP contribution >= 0.6 is 0 Å². The van der Waals surface area contributed by atoms with Gasteiger partial charge < -0.3 is 10.1 Å². The molecule has 0 spiro atoms. The molecule has 0 saturated heterocycles. The zero-order valence-corrected chi connectivity index (χ0v) is 16.2. The van der Waals surface area contributed by atoms with Crippen molar-refractivity contribution in [3.8, 4) is 0 Å². The first-order chi connectivity index (χ1) is 14.5. The van der Waals surface area contributed by atoms with Crippen LogP contribution in [0, 0.1) is 12.7 Å². The van der Waals surface area contributed by atoms with Gasteiger partial charge in [0.2, 0.25) is 5.91 Å². The highest BCUT2D eigenvalue weighted by molar-refractivity contribution is 6.00. The lowest BCUT2D eigenvalue weighted by molar-refractivity contribution is -0.111. The summed E-state index contributed by atoms with van der Waals surface area (Å²) in [6, 6.07) is 14.0. The first-order valence-electron chi connectivity index (χ1n) is 9.01. The largest absolute Gasteiger partial charge is 0.444 e. The SMILES string of the molecule is C=CC(=O)Nc1cccc(N(C(=O)OCc2cccc(F)c2)c2ccnc(C)n2)c1. The summed E-state index contributed by atoms with van der Waals surface area (Å²) in [6.07, 6.45) is 1.95. The predicted molar refractivity (Wildman–Crippen MR) is 111 cm³/mol. The van der Waals surface area contributed by atoms with Gasteiger partial charge in [0.15, 0.2) is 0 Å². The lowest BCUT2D eigenvalue weighted by Crippen LogP contribution is -2.28. The Morgan fingerprint density at radius 1 is 1.20 bits per heavy atom. The molecule has 0 aliphatic heterocycles. The molecule has 0 bridgehead atoms. The molecule has 0 fully saturated rings. The van der Waals surface area contributed by atoms with Gasteiger partial charge in [0.05, 0.1) is 5.69 Å². The molecule has 0 aliphatic rings. The molecule has 152 valence electrons. The average molecular weight is 406 g/mol. The molecule has 0 saturated carbocycles. The summed E-state index contributed by atoms with van der Waals surface area (Å²) >= 11 is 0. The number of amides is 2. The van der Waals surface area contributed by atoms with Crippen LogP contribution in [0.15, 0.2) is 73.4 Å². The number of carbonyl (C=O) groups excluding carboxylic acids is 2. The van der Waals surface area contributed by atoms with Crippen molar-refractivity contribution in [3.05, 3.63) is 90.7 Å². The van der Waals surface area contributed by atoms with Crippen LogP contribution in [0.1, 0.15) is 11.4 Å². The van der Waals surface area contributed by atoms with E-state index in [1.807, 2.05) is 0 Å². The molecule has 0 atom stereocenters. The van der Waals surface area contributed by atoms with Gasteiger partial charge in [-0.15, -0.1) is 0 Å². The van der Waals surface area contributed by atoms with E-state index < -0.39 is 11.9 Å². The van der Waals surface area contributed by atoms with Gasteiger partial charge in [-0.3, -0.25) is 4.79 Å². The van der Waals surface area contributed by atoms with Crippen LogP contribution in [0.5, 0.6) is 0 Å². The number of hydrogen-bond donors (Lipinski definition) is 1. The minimum atomic E-state index is -0.718. The third-order valence-electron chi connectivity index (χ3n) is 3.98. The van der Waals surface area contributed by atoms with Gasteiger partial charge in [0, 0.05) is 11.9 Å². The molecule has 0 unspecified atom stereocenters. The quantitative estimate of drug-likeness (QED) is 0.608. The van der Waals surface area contributed by atoms with Crippen LogP contribution in [0.25, 0.3) is 0 Å². The Bertz CT molecular complexity index is 1090. The highest BCUT2D eigenvalue weighted by atomic mass is 19.1. The molecule has 3 aromatic rings. The summed E-state index contributed by atoms with van der Waals surface area (Å²) in [4.78, 5) is 34.2. The molecule has 8 heteroatoms. The molecule has 30 heavy (non-hydrogen) atoms. The highest BCUT2D eigenvalue weighted by Gasteiger charge is 2.22. The maximum Gasteiger partial charge on any atom is 0.420 e. The molecule has 2 aromatic carbocycles. The van der Waals surface area contributed by atoms with Gasteiger partial charge in [-0.2, -0.15) is 0 Å². The minimum absolute atomic E-state index is 0.121. The Labute approximate surface area is 172 Å². The van der Waals surface area contributed by atoms with Gasteiger partial charge in [-0.25, -0.2) is 24.1 Å². The van der Waals surface area contributed by atoms with Crippen molar-refractivity contribution in [2.45, 2.75) is 13.5 Å². The van der Waals surface area contributed by atoms with Gasteiger partial charge in [0.1, 0.15) is 24.1 Å². The number of carbonyl (C=O) groups is 2. The van der Waals surface area contributed by atoms with E-state index in [1.54, 1.807) is 43.3 Å².